The summed E-state index contributed by atoms with van der Waals surface area (Å²) in [5.74, 6) is -1.30. The van der Waals surface area contributed by atoms with Crippen molar-refractivity contribution in [3.63, 3.8) is 0 Å². The van der Waals surface area contributed by atoms with Crippen molar-refractivity contribution in [1.29, 1.82) is 0 Å². The molecule has 0 radical (unpaired) electrons. The monoisotopic (exact) mass is 248 g/mol. The third kappa shape index (κ3) is 2.30. The van der Waals surface area contributed by atoms with Gasteiger partial charge in [0.05, 0.1) is 5.92 Å². The Bertz CT molecular complexity index is 435. The van der Waals surface area contributed by atoms with E-state index in [4.69, 9.17) is 5.11 Å². The predicted octanol–water partition coefficient (Wildman–Crippen LogP) is 1.79. The number of carbonyl (C=O) groups excluding carboxylic acids is 1. The third-order valence-corrected chi connectivity index (χ3v) is 3.17. The number of urea groups is 1. The highest BCUT2D eigenvalue weighted by atomic mass is 16.4. The van der Waals surface area contributed by atoms with Gasteiger partial charge in [0.1, 0.15) is 0 Å². The second-order valence-corrected chi connectivity index (χ2v) is 4.27. The van der Waals surface area contributed by atoms with Crippen molar-refractivity contribution in [1.82, 2.24) is 5.32 Å². The molecule has 1 aliphatic rings. The summed E-state index contributed by atoms with van der Waals surface area (Å²) in [6.07, 6.45) is 0.554. The van der Waals surface area contributed by atoms with Gasteiger partial charge in [0.25, 0.3) is 0 Å². The SMILES string of the molecule is CC[C@@H](C(=O)O)c1ccc(N2CCNC2=O)cc1. The van der Waals surface area contributed by atoms with Crippen LogP contribution in [0.4, 0.5) is 10.5 Å². The second kappa shape index (κ2) is 5.08. The molecular formula is C13H16N2O3. The maximum absolute atomic E-state index is 11.5. The lowest BCUT2D eigenvalue weighted by Gasteiger charge is -2.16. The molecule has 0 bridgehead atoms. The van der Waals surface area contributed by atoms with Gasteiger partial charge >= 0.3 is 12.0 Å². The van der Waals surface area contributed by atoms with E-state index in [-0.39, 0.29) is 6.03 Å². The molecule has 0 saturated carbocycles. The Morgan fingerprint density at radius 3 is 2.56 bits per heavy atom. The number of rotatable bonds is 4. The van der Waals surface area contributed by atoms with Crippen LogP contribution in [0.25, 0.3) is 0 Å². The van der Waals surface area contributed by atoms with Crippen LogP contribution in [-0.4, -0.2) is 30.2 Å². The van der Waals surface area contributed by atoms with E-state index in [0.717, 1.165) is 11.3 Å². The van der Waals surface area contributed by atoms with Crippen LogP contribution in [-0.2, 0) is 4.79 Å². The molecule has 1 atom stereocenters. The molecule has 0 aliphatic carbocycles. The average Bonchev–Trinajstić information content (AvgIpc) is 2.77. The molecule has 2 rings (SSSR count). The highest BCUT2D eigenvalue weighted by molar-refractivity contribution is 5.94. The van der Waals surface area contributed by atoms with Crippen molar-refractivity contribution in [2.45, 2.75) is 19.3 Å². The van der Waals surface area contributed by atoms with Gasteiger partial charge in [0, 0.05) is 18.8 Å². The molecule has 0 aromatic heterocycles. The number of anilines is 1. The molecule has 5 heteroatoms. The van der Waals surface area contributed by atoms with Crippen molar-refractivity contribution in [3.05, 3.63) is 29.8 Å². The summed E-state index contributed by atoms with van der Waals surface area (Å²) in [6, 6.07) is 7.05. The van der Waals surface area contributed by atoms with Gasteiger partial charge in [-0.3, -0.25) is 9.69 Å². The number of carboxylic acid groups (broad SMARTS) is 1. The molecule has 1 aromatic rings. The molecule has 1 fully saturated rings. The first-order valence-electron chi connectivity index (χ1n) is 6.01. The fourth-order valence-electron chi connectivity index (χ4n) is 2.16. The molecule has 1 saturated heterocycles. The van der Waals surface area contributed by atoms with E-state index in [2.05, 4.69) is 5.32 Å². The molecule has 1 heterocycles. The summed E-state index contributed by atoms with van der Waals surface area (Å²) >= 11 is 0. The Morgan fingerprint density at radius 1 is 1.44 bits per heavy atom. The molecule has 5 nitrogen and oxygen atoms in total. The minimum atomic E-state index is -0.816. The molecule has 0 spiro atoms. The fourth-order valence-corrected chi connectivity index (χ4v) is 2.16. The topological polar surface area (TPSA) is 69.6 Å². The van der Waals surface area contributed by atoms with E-state index >= 15 is 0 Å². The van der Waals surface area contributed by atoms with Crippen molar-refractivity contribution in [2.75, 3.05) is 18.0 Å². The van der Waals surface area contributed by atoms with E-state index in [1.54, 1.807) is 29.2 Å². The Hall–Kier alpha value is -2.04. The molecule has 96 valence electrons. The summed E-state index contributed by atoms with van der Waals surface area (Å²) < 4.78 is 0. The van der Waals surface area contributed by atoms with Gasteiger partial charge in [-0.15, -0.1) is 0 Å². The summed E-state index contributed by atoms with van der Waals surface area (Å²) in [6.45, 7) is 3.14. The van der Waals surface area contributed by atoms with Gasteiger partial charge < -0.3 is 10.4 Å². The number of carbonyl (C=O) groups is 2. The lowest BCUT2D eigenvalue weighted by atomic mass is 9.96. The van der Waals surface area contributed by atoms with Crippen LogP contribution in [0.15, 0.2) is 24.3 Å². The van der Waals surface area contributed by atoms with Crippen LogP contribution in [0.1, 0.15) is 24.8 Å². The Kier molecular flexibility index (Phi) is 3.50. The van der Waals surface area contributed by atoms with E-state index < -0.39 is 11.9 Å². The van der Waals surface area contributed by atoms with Gasteiger partial charge in [-0.05, 0) is 24.1 Å². The summed E-state index contributed by atoms with van der Waals surface area (Å²) in [4.78, 5) is 24.2. The van der Waals surface area contributed by atoms with E-state index in [0.29, 0.717) is 19.5 Å². The number of amides is 2. The van der Waals surface area contributed by atoms with E-state index in [1.165, 1.54) is 0 Å². The smallest absolute Gasteiger partial charge is 0.321 e. The van der Waals surface area contributed by atoms with Crippen molar-refractivity contribution in [2.24, 2.45) is 0 Å². The maximum atomic E-state index is 11.5. The standard InChI is InChI=1S/C13H16N2O3/c1-2-11(12(16)17)9-3-5-10(6-4-9)15-8-7-14-13(15)18/h3-6,11H,2,7-8H2,1H3,(H,14,18)(H,16,17)/t11-/m1/s1. The highest BCUT2D eigenvalue weighted by Gasteiger charge is 2.22. The van der Waals surface area contributed by atoms with Crippen molar-refractivity contribution in [3.8, 4) is 0 Å². The normalized spacial score (nSPS) is 16.5. The number of nitrogens with one attached hydrogen (secondary N) is 1. The van der Waals surface area contributed by atoms with Crippen LogP contribution in [0.2, 0.25) is 0 Å². The van der Waals surface area contributed by atoms with Crippen LogP contribution >= 0.6 is 0 Å². The van der Waals surface area contributed by atoms with E-state index in [9.17, 15) is 9.59 Å². The predicted molar refractivity (Wildman–Crippen MR) is 67.9 cm³/mol. The van der Waals surface area contributed by atoms with Crippen LogP contribution < -0.4 is 10.2 Å². The van der Waals surface area contributed by atoms with E-state index in [1.807, 2.05) is 6.92 Å². The van der Waals surface area contributed by atoms with Crippen LogP contribution in [0.5, 0.6) is 0 Å². The number of carboxylic acids is 1. The number of aliphatic carboxylic acids is 1. The zero-order valence-corrected chi connectivity index (χ0v) is 10.2. The molecule has 1 aromatic carbocycles. The average molecular weight is 248 g/mol. The zero-order chi connectivity index (χ0) is 13.1. The Labute approximate surface area is 105 Å². The first-order chi connectivity index (χ1) is 8.63. The summed E-state index contributed by atoms with van der Waals surface area (Å²) in [5, 5.41) is 11.8. The Balaban J connectivity index is 2.19. The molecule has 2 amide bonds. The number of benzene rings is 1. The molecular weight excluding hydrogens is 232 g/mol. The maximum Gasteiger partial charge on any atom is 0.321 e. The summed E-state index contributed by atoms with van der Waals surface area (Å²) in [5.41, 5.74) is 1.57. The lowest BCUT2D eigenvalue weighted by molar-refractivity contribution is -0.138. The first-order valence-corrected chi connectivity index (χ1v) is 6.01. The minimum Gasteiger partial charge on any atom is -0.481 e. The van der Waals surface area contributed by atoms with Crippen LogP contribution in [0.3, 0.4) is 0 Å². The van der Waals surface area contributed by atoms with Gasteiger partial charge in [-0.25, -0.2) is 4.79 Å². The molecule has 1 aliphatic heterocycles. The first kappa shape index (κ1) is 12.4. The van der Waals surface area contributed by atoms with Crippen LogP contribution in [0, 0.1) is 0 Å². The van der Waals surface area contributed by atoms with Crippen molar-refractivity contribution >= 4 is 17.7 Å². The Morgan fingerprint density at radius 2 is 2.11 bits per heavy atom. The molecule has 18 heavy (non-hydrogen) atoms. The number of hydrogen-bond acceptors (Lipinski definition) is 2. The van der Waals surface area contributed by atoms with Gasteiger partial charge in [-0.1, -0.05) is 19.1 Å². The molecule has 2 N–H and O–H groups in total. The lowest BCUT2D eigenvalue weighted by Crippen LogP contribution is -2.27. The minimum absolute atomic E-state index is 0.104. The summed E-state index contributed by atoms with van der Waals surface area (Å²) in [7, 11) is 0. The molecule has 0 unspecified atom stereocenters. The zero-order valence-electron chi connectivity index (χ0n) is 10.2. The van der Waals surface area contributed by atoms with Gasteiger partial charge in [0.15, 0.2) is 0 Å². The number of nitrogens with zero attached hydrogens (tertiary/aromatic N) is 1. The quantitative estimate of drug-likeness (QED) is 0.853. The largest absolute Gasteiger partial charge is 0.481 e. The number of hydrogen-bond donors (Lipinski definition) is 2. The van der Waals surface area contributed by atoms with Gasteiger partial charge in [0.2, 0.25) is 0 Å². The van der Waals surface area contributed by atoms with Crippen molar-refractivity contribution < 1.29 is 14.7 Å². The van der Waals surface area contributed by atoms with Gasteiger partial charge in [-0.2, -0.15) is 0 Å². The highest BCUT2D eigenvalue weighted by Crippen LogP contribution is 2.24. The second-order valence-electron chi connectivity index (χ2n) is 4.27. The fraction of sp³-hybridized carbons (Fsp3) is 0.385. The third-order valence-electron chi connectivity index (χ3n) is 3.17.